The summed E-state index contributed by atoms with van der Waals surface area (Å²) in [6.45, 7) is 21.9. The number of carbonyl (C=O) groups is 1. The van der Waals surface area contributed by atoms with Gasteiger partial charge in [-0.25, -0.2) is 0 Å². The first-order valence-corrected chi connectivity index (χ1v) is 20.4. The molecule has 2 aliphatic carbocycles. The fourth-order valence-electron chi connectivity index (χ4n) is 9.14. The van der Waals surface area contributed by atoms with Crippen LogP contribution in [0.25, 0.3) is 49.8 Å². The summed E-state index contributed by atoms with van der Waals surface area (Å²) in [5.74, 6) is 1.91. The molecule has 0 N–H and O–H groups in total. The molecule has 1 radical (unpaired) electrons. The van der Waals surface area contributed by atoms with E-state index in [0.29, 0.717) is 17.7 Å². The standard InChI is InChI=1S/C30H26NO.C19H35NO.Ir/c1-16-10-11-25-22(13-16)28-29(32-25)21-9-7-8-20(27(21)30(28,5)6)23-15-19(4)26-18(3)12-17(2)14-24(26)31-23;1-5-15(6-2)18(14-19(21)16(7-3)8-4)20-17-12-10-9-11-13-17;/h7,9-15H,1-6H3;14-17H,5-13H2,1-4H3,(H,20,21);/q-1;;/p-1. The van der Waals surface area contributed by atoms with E-state index in [2.05, 4.69) is 118 Å². The molecule has 54 heavy (non-hydrogen) atoms. The number of pyridine rings is 1. The Morgan fingerprint density at radius 1 is 0.870 bits per heavy atom. The Bertz CT molecular complexity index is 2140. The van der Waals surface area contributed by atoms with E-state index >= 15 is 0 Å². The van der Waals surface area contributed by atoms with Gasteiger partial charge in [-0.15, -0.1) is 35.4 Å². The number of carbonyl (C=O) groups excluding carboxylic acids is 1. The molecule has 0 saturated heterocycles. The number of fused-ring (bicyclic) bond motifs is 6. The zero-order valence-electron chi connectivity index (χ0n) is 34.3. The van der Waals surface area contributed by atoms with Crippen LogP contribution >= 0.6 is 0 Å². The molecular formula is C49H60IrN2O2-2. The number of hydrogen-bond donors (Lipinski definition) is 0. The summed E-state index contributed by atoms with van der Waals surface area (Å²) in [5, 5.41) is 7.47. The van der Waals surface area contributed by atoms with E-state index in [1.54, 1.807) is 0 Å². The molecule has 0 amide bonds. The van der Waals surface area contributed by atoms with E-state index in [4.69, 9.17) is 14.7 Å². The van der Waals surface area contributed by atoms with Crippen LogP contribution in [0.1, 0.15) is 133 Å². The molecule has 2 aliphatic rings. The third-order valence-electron chi connectivity index (χ3n) is 12.0. The van der Waals surface area contributed by atoms with E-state index in [1.165, 1.54) is 76.3 Å². The maximum atomic E-state index is 12.5. The molecule has 5 heteroatoms. The number of furan rings is 1. The summed E-state index contributed by atoms with van der Waals surface area (Å²) in [6, 6.07) is 21.3. The van der Waals surface area contributed by atoms with Gasteiger partial charge in [-0.1, -0.05) is 116 Å². The third kappa shape index (κ3) is 8.19. The molecule has 2 aromatic heterocycles. The van der Waals surface area contributed by atoms with Crippen molar-refractivity contribution < 1.29 is 29.3 Å². The molecule has 4 nitrogen and oxygen atoms in total. The van der Waals surface area contributed by atoms with E-state index in [9.17, 15) is 4.79 Å². The van der Waals surface area contributed by atoms with Crippen molar-refractivity contribution in [3.05, 3.63) is 105 Å². The number of aryl methyl sites for hydroxylation is 4. The van der Waals surface area contributed by atoms with Gasteiger partial charge < -0.3 is 9.73 Å². The average molecular weight is 901 g/mol. The summed E-state index contributed by atoms with van der Waals surface area (Å²) >= 11 is 0. The van der Waals surface area contributed by atoms with Crippen LogP contribution in [-0.4, -0.2) is 16.8 Å². The van der Waals surface area contributed by atoms with Crippen molar-refractivity contribution in [1.29, 1.82) is 0 Å². The summed E-state index contributed by atoms with van der Waals surface area (Å²) < 4.78 is 6.41. The van der Waals surface area contributed by atoms with Gasteiger partial charge in [0.1, 0.15) is 11.3 Å². The number of ketones is 1. The van der Waals surface area contributed by atoms with Crippen molar-refractivity contribution in [3.63, 3.8) is 0 Å². The van der Waals surface area contributed by atoms with Gasteiger partial charge in [0.05, 0.1) is 5.52 Å². The monoisotopic (exact) mass is 901 g/mol. The molecule has 289 valence electrons. The molecule has 2 heterocycles. The van der Waals surface area contributed by atoms with Crippen LogP contribution in [0.3, 0.4) is 0 Å². The number of benzene rings is 3. The van der Waals surface area contributed by atoms with Crippen molar-refractivity contribution in [1.82, 2.24) is 4.98 Å². The molecule has 0 aliphatic heterocycles. The summed E-state index contributed by atoms with van der Waals surface area (Å²) in [4.78, 5) is 17.6. The fourth-order valence-corrected chi connectivity index (χ4v) is 9.14. The Morgan fingerprint density at radius 3 is 2.20 bits per heavy atom. The maximum Gasteiger partial charge on any atom is 0.157 e. The first-order chi connectivity index (χ1) is 25.4. The molecule has 7 rings (SSSR count). The van der Waals surface area contributed by atoms with Crippen molar-refractivity contribution in [2.75, 3.05) is 0 Å². The molecular weight excluding hydrogens is 841 g/mol. The van der Waals surface area contributed by atoms with E-state index in [0.717, 1.165) is 65.1 Å². The zero-order chi connectivity index (χ0) is 38.0. The molecule has 5 aromatic rings. The second-order valence-corrected chi connectivity index (χ2v) is 16.3. The van der Waals surface area contributed by atoms with Crippen molar-refractivity contribution in [2.45, 2.75) is 138 Å². The second kappa shape index (κ2) is 17.5. The van der Waals surface area contributed by atoms with E-state index in [-0.39, 0.29) is 31.4 Å². The van der Waals surface area contributed by atoms with Crippen molar-refractivity contribution in [3.8, 4) is 22.6 Å². The van der Waals surface area contributed by atoms with Crippen LogP contribution in [0.4, 0.5) is 0 Å². The van der Waals surface area contributed by atoms with Gasteiger partial charge in [0.25, 0.3) is 0 Å². The average Bonchev–Trinajstić information content (AvgIpc) is 3.62. The summed E-state index contributed by atoms with van der Waals surface area (Å²) in [5.41, 5.74) is 13.7. The Morgan fingerprint density at radius 2 is 1.54 bits per heavy atom. The third-order valence-corrected chi connectivity index (χ3v) is 12.0. The largest absolute Gasteiger partial charge is 0.685 e. The molecule has 3 aromatic carbocycles. The molecule has 0 unspecified atom stereocenters. The van der Waals surface area contributed by atoms with Gasteiger partial charge in [-0.05, 0) is 98.5 Å². The minimum Gasteiger partial charge on any atom is -0.685 e. The quantitative estimate of drug-likeness (QED) is 0.104. The minimum atomic E-state index is -0.204. The van der Waals surface area contributed by atoms with Crippen LogP contribution in [0.5, 0.6) is 0 Å². The van der Waals surface area contributed by atoms with E-state index < -0.39 is 0 Å². The normalized spacial score (nSPS) is 15.2. The zero-order valence-corrected chi connectivity index (χ0v) is 36.7. The first-order valence-electron chi connectivity index (χ1n) is 20.4. The van der Waals surface area contributed by atoms with E-state index in [1.807, 2.05) is 12.1 Å². The van der Waals surface area contributed by atoms with Crippen molar-refractivity contribution in [2.24, 2.45) is 11.8 Å². The Labute approximate surface area is 338 Å². The Balaban J connectivity index is 0.000000224. The second-order valence-electron chi connectivity index (χ2n) is 16.3. The van der Waals surface area contributed by atoms with Crippen molar-refractivity contribution >= 4 is 27.7 Å². The molecule has 1 fully saturated rings. The predicted molar refractivity (Wildman–Crippen MR) is 224 cm³/mol. The summed E-state index contributed by atoms with van der Waals surface area (Å²) in [6.07, 6.45) is 12.3. The number of aromatic nitrogens is 1. The van der Waals surface area contributed by atoms with Crippen LogP contribution in [-0.2, 0) is 30.3 Å². The van der Waals surface area contributed by atoms with Crippen LogP contribution in [0.15, 0.2) is 64.7 Å². The van der Waals surface area contributed by atoms with Gasteiger partial charge in [0.2, 0.25) is 0 Å². The van der Waals surface area contributed by atoms with Crippen LogP contribution in [0.2, 0.25) is 0 Å². The summed E-state index contributed by atoms with van der Waals surface area (Å²) in [7, 11) is 0. The van der Waals surface area contributed by atoms with Gasteiger partial charge in [0.15, 0.2) is 5.78 Å². The minimum absolute atomic E-state index is 0. The van der Waals surface area contributed by atoms with Gasteiger partial charge >= 0.3 is 0 Å². The SMILES string of the molecule is CCC(CC)C(=O)/C=C(\[N-]C1CCCCC1)C(CC)CC.Cc1cc(C)c2c(C)cc(-c3[c-]ccc4c3C(C)(C)c3c-4oc4ccc(C)cc34)nc2c1.[Ir]. The topological polar surface area (TPSA) is 57.2 Å². The number of nitrogens with zero attached hydrogens (tertiary/aromatic N) is 2. The van der Waals surface area contributed by atoms with Crippen LogP contribution < -0.4 is 0 Å². The molecule has 0 bridgehead atoms. The molecule has 0 atom stereocenters. The smallest absolute Gasteiger partial charge is 0.157 e. The Hall–Kier alpha value is -3.53. The molecule has 0 spiro atoms. The number of hydrogen-bond acceptors (Lipinski definition) is 3. The number of rotatable bonds is 10. The number of allylic oxidation sites excluding steroid dienone is 2. The maximum absolute atomic E-state index is 12.5. The van der Waals surface area contributed by atoms with Gasteiger partial charge in [-0.3, -0.25) is 9.78 Å². The van der Waals surface area contributed by atoms with Gasteiger partial charge in [-0.2, -0.15) is 5.70 Å². The van der Waals surface area contributed by atoms with Crippen LogP contribution in [0, 0.1) is 45.6 Å². The fraction of sp³-hybridized carbons (Fsp3) is 0.469. The first kappa shape index (κ1) is 41.6. The predicted octanol–water partition coefficient (Wildman–Crippen LogP) is 14.0. The molecule has 1 saturated carbocycles. The Kier molecular flexibility index (Phi) is 13.5. The van der Waals surface area contributed by atoms with Gasteiger partial charge in [0, 0.05) is 42.4 Å².